The van der Waals surface area contributed by atoms with Gasteiger partial charge >= 0.3 is 12.2 Å². The summed E-state index contributed by atoms with van der Waals surface area (Å²) in [7, 11) is -2.81. The van der Waals surface area contributed by atoms with Crippen molar-refractivity contribution < 1.29 is 21.8 Å². The second-order valence-electron chi connectivity index (χ2n) is 5.04. The molecule has 2 aromatic rings. The van der Waals surface area contributed by atoms with Crippen molar-refractivity contribution in [2.24, 2.45) is 4.36 Å². The number of rotatable bonds is 4. The summed E-state index contributed by atoms with van der Waals surface area (Å²) in [6.45, 7) is 3.50. The molecule has 2 aromatic heterocycles. The van der Waals surface area contributed by atoms with Crippen molar-refractivity contribution in [3.63, 3.8) is 0 Å². The third kappa shape index (κ3) is 4.10. The highest BCUT2D eigenvalue weighted by Gasteiger charge is 2.32. The van der Waals surface area contributed by atoms with Gasteiger partial charge < -0.3 is 4.42 Å². The molecule has 23 heavy (non-hydrogen) atoms. The van der Waals surface area contributed by atoms with Crippen molar-refractivity contribution in [2.75, 3.05) is 6.26 Å². The highest BCUT2D eigenvalue weighted by atomic mass is 32.2. The second kappa shape index (κ2) is 6.31. The Labute approximate surface area is 132 Å². The lowest BCUT2D eigenvalue weighted by molar-refractivity contribution is -0.141. The molecule has 0 radical (unpaired) electrons. The van der Waals surface area contributed by atoms with Crippen LogP contribution in [-0.4, -0.2) is 20.4 Å². The zero-order valence-corrected chi connectivity index (χ0v) is 13.6. The van der Waals surface area contributed by atoms with Crippen molar-refractivity contribution >= 4 is 15.7 Å². The van der Waals surface area contributed by atoms with Crippen LogP contribution in [0.15, 0.2) is 33.4 Å². The monoisotopic (exact) mass is 347 g/mol. The van der Waals surface area contributed by atoms with Gasteiger partial charge in [-0.1, -0.05) is 13.0 Å². The predicted octanol–water partition coefficient (Wildman–Crippen LogP) is 4.14. The molecular formula is C14H16F3N3O2S. The molecule has 2 heterocycles. The topological polar surface area (TPSA) is 68.3 Å². The number of aryl methyl sites for hydroxylation is 1. The van der Waals surface area contributed by atoms with Gasteiger partial charge in [-0.15, -0.1) is 4.36 Å². The summed E-state index contributed by atoms with van der Waals surface area (Å²) < 4.78 is 59.4. The zero-order chi connectivity index (χ0) is 17.3. The average Bonchev–Trinajstić information content (AvgIpc) is 2.92. The Kier molecular flexibility index (Phi) is 4.79. The SMILES string of the molecule is CCc1coc(N=S(C)(=O)C(C)c2ccc(C(F)(F)F)nc2)n1. The van der Waals surface area contributed by atoms with Gasteiger partial charge in [0.25, 0.3) is 0 Å². The molecule has 0 bridgehead atoms. The Morgan fingerprint density at radius 1 is 1.39 bits per heavy atom. The first-order valence-electron chi connectivity index (χ1n) is 6.82. The molecule has 0 N–H and O–H groups in total. The van der Waals surface area contributed by atoms with Crippen molar-refractivity contribution in [1.82, 2.24) is 9.97 Å². The van der Waals surface area contributed by atoms with E-state index in [1.807, 2.05) is 6.92 Å². The van der Waals surface area contributed by atoms with Crippen LogP contribution in [-0.2, 0) is 22.3 Å². The summed E-state index contributed by atoms with van der Waals surface area (Å²) in [5.74, 6) is 0. The molecule has 0 aliphatic heterocycles. The first-order valence-corrected chi connectivity index (χ1v) is 8.80. The number of hydrogen-bond donors (Lipinski definition) is 0. The summed E-state index contributed by atoms with van der Waals surface area (Å²) in [4.78, 5) is 7.44. The van der Waals surface area contributed by atoms with E-state index >= 15 is 0 Å². The standard InChI is InChI=1S/C14H16F3N3O2S/c1-4-11-8-22-13(19-11)20-23(3,21)9(2)10-5-6-12(18-7-10)14(15,16)17/h5-9H,4H2,1-3H3. The van der Waals surface area contributed by atoms with Gasteiger partial charge in [-0.2, -0.15) is 18.2 Å². The summed E-state index contributed by atoms with van der Waals surface area (Å²) in [6, 6.07) is 2.12. The van der Waals surface area contributed by atoms with E-state index in [-0.39, 0.29) is 6.01 Å². The van der Waals surface area contributed by atoms with E-state index in [0.717, 1.165) is 12.3 Å². The maximum absolute atomic E-state index is 12.7. The molecular weight excluding hydrogens is 331 g/mol. The van der Waals surface area contributed by atoms with Crippen LogP contribution in [0.25, 0.3) is 0 Å². The molecule has 0 saturated heterocycles. The highest BCUT2D eigenvalue weighted by Crippen LogP contribution is 2.30. The molecule has 126 valence electrons. The Hall–Kier alpha value is -1.90. The van der Waals surface area contributed by atoms with Crippen LogP contribution in [0.2, 0.25) is 0 Å². The predicted molar refractivity (Wildman–Crippen MR) is 79.7 cm³/mol. The fourth-order valence-corrected chi connectivity index (χ4v) is 3.00. The Morgan fingerprint density at radius 2 is 2.09 bits per heavy atom. The normalized spacial score (nSPS) is 15.9. The molecule has 2 unspecified atom stereocenters. The van der Waals surface area contributed by atoms with E-state index in [4.69, 9.17) is 4.42 Å². The van der Waals surface area contributed by atoms with E-state index in [1.54, 1.807) is 6.92 Å². The second-order valence-corrected chi connectivity index (χ2v) is 7.66. The lowest BCUT2D eigenvalue weighted by Crippen LogP contribution is -2.11. The van der Waals surface area contributed by atoms with Crippen LogP contribution in [0.5, 0.6) is 0 Å². The minimum atomic E-state index is -4.51. The van der Waals surface area contributed by atoms with E-state index < -0.39 is 26.8 Å². The summed E-state index contributed by atoms with van der Waals surface area (Å²) in [6.07, 6.45) is 0.0553. The van der Waals surface area contributed by atoms with Gasteiger partial charge in [0.1, 0.15) is 12.0 Å². The maximum Gasteiger partial charge on any atom is 0.433 e. The molecule has 2 rings (SSSR count). The molecule has 0 aromatic carbocycles. The highest BCUT2D eigenvalue weighted by molar-refractivity contribution is 7.93. The summed E-state index contributed by atoms with van der Waals surface area (Å²) >= 11 is 0. The van der Waals surface area contributed by atoms with Gasteiger partial charge in [0.05, 0.1) is 20.7 Å². The molecule has 0 saturated carbocycles. The van der Waals surface area contributed by atoms with Gasteiger partial charge in [-0.05, 0) is 25.0 Å². The van der Waals surface area contributed by atoms with E-state index in [1.165, 1.54) is 18.6 Å². The number of oxazole rings is 1. The lowest BCUT2D eigenvalue weighted by atomic mass is 10.2. The molecule has 0 aliphatic carbocycles. The van der Waals surface area contributed by atoms with Crippen molar-refractivity contribution in [3.05, 3.63) is 41.5 Å². The smallest absolute Gasteiger partial charge is 0.430 e. The Bertz CT molecular complexity index is 790. The van der Waals surface area contributed by atoms with E-state index in [0.29, 0.717) is 17.7 Å². The molecule has 5 nitrogen and oxygen atoms in total. The van der Waals surface area contributed by atoms with Gasteiger partial charge in [0.2, 0.25) is 0 Å². The largest absolute Gasteiger partial charge is 0.433 e. The van der Waals surface area contributed by atoms with Crippen molar-refractivity contribution in [1.29, 1.82) is 0 Å². The molecule has 0 amide bonds. The molecule has 0 aliphatic rings. The number of pyridine rings is 1. The van der Waals surface area contributed by atoms with Gasteiger partial charge in [-0.25, -0.2) is 4.21 Å². The quantitative estimate of drug-likeness (QED) is 0.833. The zero-order valence-electron chi connectivity index (χ0n) is 12.8. The van der Waals surface area contributed by atoms with Gasteiger partial charge in [-0.3, -0.25) is 4.98 Å². The number of nitrogens with zero attached hydrogens (tertiary/aromatic N) is 3. The van der Waals surface area contributed by atoms with Crippen LogP contribution < -0.4 is 0 Å². The number of alkyl halides is 3. The van der Waals surface area contributed by atoms with Crippen LogP contribution in [0.4, 0.5) is 19.2 Å². The summed E-state index contributed by atoms with van der Waals surface area (Å²) in [5.41, 5.74) is 0.0904. The fourth-order valence-electron chi connectivity index (χ4n) is 1.80. The lowest BCUT2D eigenvalue weighted by Gasteiger charge is -2.14. The molecule has 0 spiro atoms. The molecule has 0 fully saturated rings. The van der Waals surface area contributed by atoms with Crippen molar-refractivity contribution in [3.8, 4) is 0 Å². The number of halogens is 3. The third-order valence-corrected chi connectivity index (χ3v) is 5.47. The van der Waals surface area contributed by atoms with Gasteiger partial charge in [0.15, 0.2) is 0 Å². The van der Waals surface area contributed by atoms with E-state index in [9.17, 15) is 17.4 Å². The Morgan fingerprint density at radius 3 is 2.57 bits per heavy atom. The third-order valence-electron chi connectivity index (χ3n) is 3.36. The maximum atomic E-state index is 12.7. The summed E-state index contributed by atoms with van der Waals surface area (Å²) in [5, 5.41) is -0.630. The molecule has 2 atom stereocenters. The first-order chi connectivity index (χ1) is 10.6. The number of aromatic nitrogens is 2. The minimum absolute atomic E-state index is 0.000992. The first kappa shape index (κ1) is 17.5. The van der Waals surface area contributed by atoms with Crippen LogP contribution >= 0.6 is 0 Å². The average molecular weight is 347 g/mol. The Balaban J connectivity index is 2.30. The van der Waals surface area contributed by atoms with Crippen molar-refractivity contribution in [2.45, 2.75) is 31.7 Å². The molecule has 9 heteroatoms. The van der Waals surface area contributed by atoms with Crippen LogP contribution in [0.3, 0.4) is 0 Å². The number of hydrogen-bond acceptors (Lipinski definition) is 5. The van der Waals surface area contributed by atoms with Crippen LogP contribution in [0, 0.1) is 0 Å². The van der Waals surface area contributed by atoms with Crippen LogP contribution in [0.1, 0.15) is 36.0 Å². The van der Waals surface area contributed by atoms with Gasteiger partial charge in [0, 0.05) is 12.5 Å². The minimum Gasteiger partial charge on any atom is -0.430 e. The fraction of sp³-hybridized carbons (Fsp3) is 0.429. The van der Waals surface area contributed by atoms with E-state index in [2.05, 4.69) is 14.3 Å².